The van der Waals surface area contributed by atoms with Gasteiger partial charge >= 0.3 is 0 Å². The van der Waals surface area contributed by atoms with Crippen LogP contribution >= 0.6 is 22.6 Å². The third-order valence-corrected chi connectivity index (χ3v) is 3.26. The van der Waals surface area contributed by atoms with E-state index < -0.39 is 0 Å². The van der Waals surface area contributed by atoms with Gasteiger partial charge in [-0.15, -0.1) is 0 Å². The lowest BCUT2D eigenvalue weighted by Crippen LogP contribution is -2.27. The second kappa shape index (κ2) is 3.01. The number of hydrogen-bond acceptors (Lipinski definition) is 1. The van der Waals surface area contributed by atoms with E-state index in [1.807, 2.05) is 0 Å². The highest BCUT2D eigenvalue weighted by atomic mass is 127. The Labute approximate surface area is 69.8 Å². The number of hydrogen-bond donors (Lipinski definition) is 1. The van der Waals surface area contributed by atoms with Crippen molar-refractivity contribution >= 4 is 22.6 Å². The minimum absolute atomic E-state index is 0.392. The van der Waals surface area contributed by atoms with Gasteiger partial charge in [-0.1, -0.05) is 34.7 Å². The zero-order valence-electron chi connectivity index (χ0n) is 5.44. The minimum Gasteiger partial charge on any atom is -0.327 e. The van der Waals surface area contributed by atoms with Crippen molar-refractivity contribution in [2.75, 3.05) is 0 Å². The highest BCUT2D eigenvalue weighted by Crippen LogP contribution is 2.27. The lowest BCUT2D eigenvalue weighted by atomic mass is 9.92. The third kappa shape index (κ3) is 1.93. The van der Waals surface area contributed by atoms with Crippen LogP contribution in [0.5, 0.6) is 0 Å². The van der Waals surface area contributed by atoms with E-state index in [0.29, 0.717) is 9.97 Å². The summed E-state index contributed by atoms with van der Waals surface area (Å²) in [6.45, 7) is 3.96. The topological polar surface area (TPSA) is 26.0 Å². The Kier molecular flexibility index (Phi) is 2.52. The van der Waals surface area contributed by atoms with E-state index >= 15 is 0 Å². The second-order valence-corrected chi connectivity index (χ2v) is 4.17. The zero-order chi connectivity index (χ0) is 6.85. The lowest BCUT2D eigenvalue weighted by molar-refractivity contribution is 0.533. The van der Waals surface area contributed by atoms with Gasteiger partial charge in [0.2, 0.25) is 0 Å². The summed E-state index contributed by atoms with van der Waals surface area (Å²) in [5.41, 5.74) is 7.05. The minimum atomic E-state index is 0.392. The summed E-state index contributed by atoms with van der Waals surface area (Å²) in [6.07, 6.45) is 3.43. The first-order valence-electron chi connectivity index (χ1n) is 3.27. The van der Waals surface area contributed by atoms with Gasteiger partial charge in [0.15, 0.2) is 0 Å². The fourth-order valence-corrected chi connectivity index (χ4v) is 1.75. The normalized spacial score (nSPS) is 36.9. The fraction of sp³-hybridized carbons (Fsp3) is 0.714. The maximum Gasteiger partial charge on any atom is 0.0317 e. The maximum atomic E-state index is 5.72. The van der Waals surface area contributed by atoms with Gasteiger partial charge in [-0.25, -0.2) is 0 Å². The van der Waals surface area contributed by atoms with Gasteiger partial charge in [-0.2, -0.15) is 0 Å². The summed E-state index contributed by atoms with van der Waals surface area (Å²) in [5.74, 6) is 0. The zero-order valence-corrected chi connectivity index (χ0v) is 7.60. The van der Waals surface area contributed by atoms with E-state index in [1.165, 1.54) is 18.4 Å². The smallest absolute Gasteiger partial charge is 0.0317 e. The van der Waals surface area contributed by atoms with Gasteiger partial charge in [0, 0.05) is 9.97 Å². The molecule has 1 fully saturated rings. The molecule has 0 heterocycles. The monoisotopic (exact) mass is 237 g/mol. The third-order valence-electron chi connectivity index (χ3n) is 1.76. The van der Waals surface area contributed by atoms with Crippen LogP contribution in [0.2, 0.25) is 0 Å². The van der Waals surface area contributed by atoms with E-state index in [2.05, 4.69) is 29.2 Å². The molecule has 0 radical (unpaired) electrons. The molecule has 2 N–H and O–H groups in total. The Bertz CT molecular complexity index is 122. The number of nitrogens with two attached hydrogens (primary N) is 1. The van der Waals surface area contributed by atoms with Crippen molar-refractivity contribution < 1.29 is 0 Å². The predicted octanol–water partition coefficient (Wildman–Crippen LogP) is 1.86. The molecular formula is C7H12IN. The molecule has 0 amide bonds. The van der Waals surface area contributed by atoms with E-state index in [-0.39, 0.29) is 0 Å². The van der Waals surface area contributed by atoms with Gasteiger partial charge in [0.1, 0.15) is 0 Å². The van der Waals surface area contributed by atoms with E-state index in [4.69, 9.17) is 5.73 Å². The Hall–Kier alpha value is 0.430. The molecule has 0 aromatic carbocycles. The highest BCUT2D eigenvalue weighted by molar-refractivity contribution is 14.1. The van der Waals surface area contributed by atoms with Crippen molar-refractivity contribution in [3.05, 3.63) is 12.2 Å². The fourth-order valence-electron chi connectivity index (χ4n) is 1.13. The molecule has 52 valence electrons. The number of rotatable bonds is 0. The number of halogens is 1. The van der Waals surface area contributed by atoms with Gasteiger partial charge in [0.05, 0.1) is 0 Å². The SMILES string of the molecule is C=C1CC(N)CCC1I. The maximum absolute atomic E-state index is 5.72. The second-order valence-electron chi connectivity index (χ2n) is 2.67. The Morgan fingerprint density at radius 1 is 1.56 bits per heavy atom. The van der Waals surface area contributed by atoms with Crippen LogP contribution in [-0.2, 0) is 0 Å². The van der Waals surface area contributed by atoms with Crippen molar-refractivity contribution in [2.24, 2.45) is 5.73 Å². The molecule has 2 heteroatoms. The van der Waals surface area contributed by atoms with Crippen molar-refractivity contribution in [3.63, 3.8) is 0 Å². The van der Waals surface area contributed by atoms with Crippen molar-refractivity contribution in [1.82, 2.24) is 0 Å². The molecule has 0 bridgehead atoms. The molecule has 1 saturated carbocycles. The van der Waals surface area contributed by atoms with Gasteiger partial charge in [-0.05, 0) is 19.3 Å². The first kappa shape index (κ1) is 7.54. The summed E-state index contributed by atoms with van der Waals surface area (Å²) in [4.78, 5) is 0. The van der Waals surface area contributed by atoms with Gasteiger partial charge in [0.25, 0.3) is 0 Å². The van der Waals surface area contributed by atoms with Crippen LogP contribution < -0.4 is 5.73 Å². The summed E-state index contributed by atoms with van der Waals surface area (Å²) < 4.78 is 0.683. The van der Waals surface area contributed by atoms with Crippen LogP contribution in [0.3, 0.4) is 0 Å². The Morgan fingerprint density at radius 2 is 2.22 bits per heavy atom. The Balaban J connectivity index is 2.44. The standard InChI is InChI=1S/C7H12IN/c1-5-4-6(9)2-3-7(5)8/h6-7H,1-4,9H2. The molecule has 1 aliphatic rings. The molecule has 0 aromatic heterocycles. The summed E-state index contributed by atoms with van der Waals surface area (Å²) in [7, 11) is 0. The van der Waals surface area contributed by atoms with Crippen molar-refractivity contribution in [3.8, 4) is 0 Å². The Morgan fingerprint density at radius 3 is 2.67 bits per heavy atom. The molecule has 2 atom stereocenters. The van der Waals surface area contributed by atoms with E-state index in [1.54, 1.807) is 0 Å². The van der Waals surface area contributed by atoms with Crippen LogP contribution in [0, 0.1) is 0 Å². The first-order chi connectivity index (χ1) is 4.20. The quantitative estimate of drug-likeness (QED) is 0.388. The molecule has 0 aromatic rings. The van der Waals surface area contributed by atoms with Crippen molar-refractivity contribution in [2.45, 2.75) is 29.2 Å². The van der Waals surface area contributed by atoms with Gasteiger partial charge < -0.3 is 5.73 Å². The summed E-state index contributed by atoms with van der Waals surface area (Å²) in [6, 6.07) is 0.392. The largest absolute Gasteiger partial charge is 0.327 e. The first-order valence-corrected chi connectivity index (χ1v) is 4.52. The van der Waals surface area contributed by atoms with Crippen LogP contribution in [0.4, 0.5) is 0 Å². The molecule has 0 saturated heterocycles. The van der Waals surface area contributed by atoms with Crippen LogP contribution in [0.25, 0.3) is 0 Å². The molecule has 0 aliphatic heterocycles. The summed E-state index contributed by atoms with van der Waals surface area (Å²) >= 11 is 2.44. The van der Waals surface area contributed by atoms with Crippen LogP contribution in [0.15, 0.2) is 12.2 Å². The van der Waals surface area contributed by atoms with Crippen molar-refractivity contribution in [1.29, 1.82) is 0 Å². The molecule has 0 spiro atoms. The molecule has 2 unspecified atom stereocenters. The average molecular weight is 237 g/mol. The van der Waals surface area contributed by atoms with Gasteiger partial charge in [-0.3, -0.25) is 0 Å². The predicted molar refractivity (Wildman–Crippen MR) is 48.8 cm³/mol. The number of alkyl halides is 1. The summed E-state index contributed by atoms with van der Waals surface area (Å²) in [5, 5.41) is 0. The highest BCUT2D eigenvalue weighted by Gasteiger charge is 2.18. The molecular weight excluding hydrogens is 225 g/mol. The average Bonchev–Trinajstić information content (AvgIpc) is 1.80. The molecule has 1 rings (SSSR count). The molecule has 9 heavy (non-hydrogen) atoms. The van der Waals surface area contributed by atoms with E-state index in [0.717, 1.165) is 6.42 Å². The van der Waals surface area contributed by atoms with Crippen LogP contribution in [-0.4, -0.2) is 9.97 Å². The van der Waals surface area contributed by atoms with E-state index in [9.17, 15) is 0 Å². The lowest BCUT2D eigenvalue weighted by Gasteiger charge is -2.24. The molecule has 1 nitrogen and oxygen atoms in total. The molecule has 1 aliphatic carbocycles. The van der Waals surface area contributed by atoms with Crippen LogP contribution in [0.1, 0.15) is 19.3 Å².